The van der Waals surface area contributed by atoms with Gasteiger partial charge < -0.3 is 0 Å². The lowest BCUT2D eigenvalue weighted by atomic mass is 9.92. The molecule has 7 aromatic rings. The molecule has 0 saturated heterocycles. The number of thiophene rings is 4. The molecule has 0 amide bonds. The van der Waals surface area contributed by atoms with Crippen molar-refractivity contribution in [1.82, 2.24) is 0 Å². The fourth-order valence-electron chi connectivity index (χ4n) is 5.47. The Morgan fingerprint density at radius 3 is 1.02 bits per heavy atom. The molecule has 7 rings (SSSR count). The van der Waals surface area contributed by atoms with Crippen LogP contribution < -0.4 is 9.00 Å². The zero-order chi connectivity index (χ0) is 32.1. The van der Waals surface area contributed by atoms with Gasteiger partial charge in [0.25, 0.3) is 0 Å². The van der Waals surface area contributed by atoms with Crippen molar-refractivity contribution < 1.29 is 0 Å². The molecule has 0 bridgehead atoms. The van der Waals surface area contributed by atoms with Gasteiger partial charge in [-0.3, -0.25) is 0 Å². The van der Waals surface area contributed by atoms with Crippen molar-refractivity contribution in [2.75, 3.05) is 0 Å². The Morgan fingerprint density at radius 1 is 0.370 bits per heavy atom. The van der Waals surface area contributed by atoms with E-state index >= 15 is 0 Å². The van der Waals surface area contributed by atoms with Gasteiger partial charge in [-0.25, -0.2) is 0 Å². The van der Waals surface area contributed by atoms with Crippen LogP contribution >= 0.6 is 45.3 Å². The molecule has 226 valence electrons. The molecule has 0 aliphatic carbocycles. The average Bonchev–Trinajstić information content (AvgIpc) is 3.84. The first-order valence-corrected chi connectivity index (χ1v) is 25.7. The minimum absolute atomic E-state index is 1.07. The first kappa shape index (κ1) is 31.1. The molecule has 0 atom stereocenters. The van der Waals surface area contributed by atoms with E-state index in [0.717, 1.165) is 42.4 Å². The molecular weight excluding hydrogens is 665 g/mol. The first-order chi connectivity index (χ1) is 22.0. The van der Waals surface area contributed by atoms with Crippen LogP contribution in [0, 0.1) is 23.7 Å². The van der Waals surface area contributed by atoms with Gasteiger partial charge in [0.2, 0.25) is 0 Å². The molecule has 0 saturated carbocycles. The van der Waals surface area contributed by atoms with E-state index in [4.69, 9.17) is 0 Å². The second kappa shape index (κ2) is 12.3. The lowest BCUT2D eigenvalue weighted by Gasteiger charge is -2.12. The third kappa shape index (κ3) is 6.27. The van der Waals surface area contributed by atoms with Crippen LogP contribution in [0.3, 0.4) is 0 Å². The van der Waals surface area contributed by atoms with Crippen molar-refractivity contribution in [3.63, 3.8) is 0 Å². The molecule has 4 aromatic heterocycles. The van der Waals surface area contributed by atoms with Crippen LogP contribution in [0.5, 0.6) is 0 Å². The first-order valence-electron chi connectivity index (χ1n) is 15.4. The summed E-state index contributed by atoms with van der Waals surface area (Å²) in [6, 6.07) is 35.2. The van der Waals surface area contributed by atoms with Crippen molar-refractivity contribution >= 4 is 92.0 Å². The highest BCUT2D eigenvalue weighted by atomic mass is 32.1. The maximum absolute atomic E-state index is 3.60. The Labute approximate surface area is 290 Å². The SMILES string of the molecule is C[Si](C)(C)c1ccc(-c2ccc(C#Cc3c4ccccc4c(C#Cc4ccc(-c5ccc([Si](C)(C)C)s5)s4)c4ccccc34)s2)s1. The number of rotatable bonds is 4. The Morgan fingerprint density at radius 2 is 0.696 bits per heavy atom. The summed E-state index contributed by atoms with van der Waals surface area (Å²) in [5.74, 6) is 14.3. The predicted molar refractivity (Wildman–Crippen MR) is 215 cm³/mol. The summed E-state index contributed by atoms with van der Waals surface area (Å²) in [4.78, 5) is 7.47. The van der Waals surface area contributed by atoms with Gasteiger partial charge in [-0.05, 0) is 66.9 Å². The van der Waals surface area contributed by atoms with Crippen LogP contribution in [-0.4, -0.2) is 16.1 Å². The summed E-state index contributed by atoms with van der Waals surface area (Å²) in [6.45, 7) is 14.5. The summed E-state index contributed by atoms with van der Waals surface area (Å²) in [7, 11) is -2.62. The van der Waals surface area contributed by atoms with Gasteiger partial charge in [-0.1, -0.05) is 124 Å². The Hall–Kier alpha value is -3.47. The van der Waals surface area contributed by atoms with Crippen LogP contribution in [0.1, 0.15) is 20.9 Å². The van der Waals surface area contributed by atoms with Gasteiger partial charge in [0, 0.05) is 30.6 Å². The van der Waals surface area contributed by atoms with Gasteiger partial charge in [-0.15, -0.1) is 45.3 Å². The topological polar surface area (TPSA) is 0 Å². The normalized spacial score (nSPS) is 11.8. The highest BCUT2D eigenvalue weighted by Crippen LogP contribution is 2.35. The smallest absolute Gasteiger partial charge is 0.0904 e. The van der Waals surface area contributed by atoms with Crippen LogP contribution in [0.25, 0.3) is 41.1 Å². The molecule has 4 heterocycles. The summed E-state index contributed by atoms with van der Waals surface area (Å²) < 4.78 is 3.09. The average molecular weight is 699 g/mol. The Bertz CT molecular complexity index is 2130. The molecular formula is C40H34S4Si2. The van der Waals surface area contributed by atoms with Crippen molar-refractivity contribution in [1.29, 1.82) is 0 Å². The van der Waals surface area contributed by atoms with Crippen molar-refractivity contribution in [2.45, 2.75) is 39.3 Å². The Balaban J connectivity index is 1.26. The largest absolute Gasteiger partial charge is 0.144 e. The summed E-state index contributed by atoms with van der Waals surface area (Å²) in [6.07, 6.45) is 0. The van der Waals surface area contributed by atoms with E-state index in [1.165, 1.54) is 19.5 Å². The zero-order valence-corrected chi connectivity index (χ0v) is 32.1. The van der Waals surface area contributed by atoms with E-state index in [1.54, 1.807) is 31.7 Å². The molecule has 0 aliphatic heterocycles. The van der Waals surface area contributed by atoms with Gasteiger partial charge in [0.05, 0.1) is 25.9 Å². The van der Waals surface area contributed by atoms with Crippen molar-refractivity contribution in [3.05, 3.63) is 118 Å². The number of benzene rings is 3. The number of fused-ring (bicyclic) bond motifs is 2. The molecule has 0 spiro atoms. The summed E-state index contributed by atoms with van der Waals surface area (Å²) in [5, 5.41) is 4.60. The molecule has 0 N–H and O–H groups in total. The molecule has 0 radical (unpaired) electrons. The van der Waals surface area contributed by atoms with Crippen molar-refractivity contribution in [2.24, 2.45) is 0 Å². The summed E-state index contributed by atoms with van der Waals surface area (Å²) in [5.41, 5.74) is 2.14. The third-order valence-electron chi connectivity index (χ3n) is 7.94. The van der Waals surface area contributed by atoms with E-state index in [0.29, 0.717) is 0 Å². The van der Waals surface area contributed by atoms with Gasteiger partial charge >= 0.3 is 0 Å². The fourth-order valence-corrected chi connectivity index (χ4v) is 13.2. The maximum Gasteiger partial charge on any atom is 0.0904 e. The minimum atomic E-state index is -1.31. The Kier molecular flexibility index (Phi) is 8.32. The molecule has 0 nitrogen and oxygen atoms in total. The fraction of sp³-hybridized carbons (Fsp3) is 0.150. The standard InChI is InChI=1S/C40H34S4Si2/c1-45(2,3)39-25-23-37(43-39)35-21-17-27(41-35)15-19-33-29-11-7-9-13-31(29)34(32-14-10-8-12-30(32)33)20-16-28-18-22-36(42-28)38-24-26-40(44-38)46(4,5)6/h7-14,17-18,21-26H,1-6H3. The highest BCUT2D eigenvalue weighted by molar-refractivity contribution is 7.31. The van der Waals surface area contributed by atoms with Gasteiger partial charge in [-0.2, -0.15) is 0 Å². The number of hydrogen-bond acceptors (Lipinski definition) is 4. The van der Waals surface area contributed by atoms with E-state index in [-0.39, 0.29) is 0 Å². The van der Waals surface area contributed by atoms with E-state index in [1.807, 2.05) is 22.7 Å². The minimum Gasteiger partial charge on any atom is -0.144 e. The lowest BCUT2D eigenvalue weighted by molar-refractivity contribution is 1.70. The van der Waals surface area contributed by atoms with E-state index in [2.05, 4.69) is 160 Å². The maximum atomic E-state index is 3.60. The van der Waals surface area contributed by atoms with Crippen LogP contribution in [0.2, 0.25) is 39.3 Å². The van der Waals surface area contributed by atoms with Gasteiger partial charge in [0.15, 0.2) is 0 Å². The van der Waals surface area contributed by atoms with Crippen molar-refractivity contribution in [3.8, 4) is 43.2 Å². The molecule has 0 fully saturated rings. The summed E-state index contributed by atoms with van der Waals surface area (Å²) >= 11 is 7.46. The lowest BCUT2D eigenvalue weighted by Crippen LogP contribution is -2.34. The predicted octanol–water partition coefficient (Wildman–Crippen LogP) is 11.5. The molecule has 46 heavy (non-hydrogen) atoms. The highest BCUT2D eigenvalue weighted by Gasteiger charge is 2.20. The monoisotopic (exact) mass is 698 g/mol. The van der Waals surface area contributed by atoms with Crippen LogP contribution in [0.15, 0.2) is 97.1 Å². The second-order valence-corrected chi connectivity index (χ2v) is 28.6. The molecule has 0 unspecified atom stereocenters. The number of hydrogen-bond donors (Lipinski definition) is 0. The zero-order valence-electron chi connectivity index (χ0n) is 26.9. The third-order valence-corrected chi connectivity index (χ3v) is 19.7. The molecule has 6 heteroatoms. The van der Waals surface area contributed by atoms with E-state index in [9.17, 15) is 0 Å². The molecule has 3 aromatic carbocycles. The van der Waals surface area contributed by atoms with E-state index < -0.39 is 16.1 Å². The van der Waals surface area contributed by atoms with Crippen LogP contribution in [0.4, 0.5) is 0 Å². The van der Waals surface area contributed by atoms with Crippen LogP contribution in [-0.2, 0) is 0 Å². The molecule has 0 aliphatic rings. The quantitative estimate of drug-likeness (QED) is 0.0975. The van der Waals surface area contributed by atoms with Gasteiger partial charge in [0.1, 0.15) is 0 Å². The second-order valence-electron chi connectivity index (χ2n) is 13.5.